The Hall–Kier alpha value is -8.32. The zero-order chi connectivity index (χ0) is 53.5. The van der Waals surface area contributed by atoms with Crippen LogP contribution < -0.4 is 65.5 Å². The number of hydrogen-bond donors (Lipinski definition) is 14. The zero-order valence-corrected chi connectivity index (χ0v) is 40.9. The van der Waals surface area contributed by atoms with Crippen molar-refractivity contribution in [3.05, 3.63) is 66.2 Å². The summed E-state index contributed by atoms with van der Waals surface area (Å²) in [4.78, 5) is 137. The van der Waals surface area contributed by atoms with Gasteiger partial charge in [-0.2, -0.15) is 0 Å². The number of rotatable bonds is 20. The molecule has 73 heavy (non-hydrogen) atoms. The van der Waals surface area contributed by atoms with E-state index in [9.17, 15) is 48.3 Å². The van der Waals surface area contributed by atoms with Crippen LogP contribution in [0.4, 0.5) is 0 Å². The third-order valence-electron chi connectivity index (χ3n) is 11.6. The third kappa shape index (κ3) is 20.1. The van der Waals surface area contributed by atoms with Crippen LogP contribution in [0.25, 0.3) is 10.8 Å². The van der Waals surface area contributed by atoms with Crippen LogP contribution in [-0.2, 0) is 56.0 Å². The Labute approximate surface area is 421 Å². The number of aliphatic imine (C=N–C) groups is 2. The highest BCUT2D eigenvalue weighted by molar-refractivity contribution is 5.98. The minimum atomic E-state index is -1.40. The summed E-state index contributed by atoms with van der Waals surface area (Å²) in [6.45, 7) is 2.80. The number of carboxylic acids is 1. The lowest BCUT2D eigenvalue weighted by Crippen LogP contribution is -2.60. The zero-order valence-electron chi connectivity index (χ0n) is 40.9. The van der Waals surface area contributed by atoms with Crippen LogP contribution >= 0.6 is 0 Å². The number of aliphatic carboxylic acids is 1. The number of carbonyl (C=O) groups is 9. The van der Waals surface area contributed by atoms with Crippen molar-refractivity contribution in [1.29, 1.82) is 0 Å². The van der Waals surface area contributed by atoms with Crippen molar-refractivity contribution >= 4 is 75.9 Å². The molecule has 0 spiro atoms. The highest BCUT2D eigenvalue weighted by Crippen LogP contribution is 2.18. The van der Waals surface area contributed by atoms with Gasteiger partial charge in [0, 0.05) is 57.7 Å². The van der Waals surface area contributed by atoms with Crippen molar-refractivity contribution < 1.29 is 48.3 Å². The van der Waals surface area contributed by atoms with Gasteiger partial charge in [0.1, 0.15) is 42.3 Å². The Morgan fingerprint density at radius 2 is 1.36 bits per heavy atom. The average molecular weight is 1020 g/mol. The number of fused-ring (bicyclic) bond motifs is 1. The molecule has 26 heteroatoms. The maximum Gasteiger partial charge on any atom is 0.303 e. The SMILES string of the molecule is CC(=O)N[C@@H](CCCN=C(N)N)C(=O)N[C@@H](C)C(=O)N[C@H]1CCCCNC(=O)[C@@H](CCC(=O)O)NC(=O)[C@H](Cc2cnc[nH]2)NC(=O)[C@H](Cc2ccc3ccccc3c2)NC(=O)[C@H](CCCN=C(N)N)NC1=O. The maximum atomic E-state index is 14.6. The summed E-state index contributed by atoms with van der Waals surface area (Å²) in [6.07, 6.45) is 2.60. The number of hydrogen-bond acceptors (Lipinski definition) is 12. The summed E-state index contributed by atoms with van der Waals surface area (Å²) in [7, 11) is 0. The molecule has 26 nitrogen and oxygen atoms in total. The van der Waals surface area contributed by atoms with Crippen molar-refractivity contribution in [2.24, 2.45) is 32.9 Å². The standard InChI is InChI=1S/C47H68N16O10/c1-26(57-41(69)32(58-27(2)64)12-7-19-54-46(48)49)39(67)59-33-11-5-6-18-53-40(68)35(16-17-38(65)66)61-45(73)37(23-31-24-52-25-56-31)63-44(72)36(22-28-14-15-29-9-3-4-10-30(29)21-28)62-43(71)34(60-42(33)70)13-8-20-55-47(50)51/h3-4,9-10,14-15,21,24-26,32-37H,5-8,11-13,16-20,22-23H2,1-2H3,(H,52,56)(H,53,68)(H,57,69)(H,58,64)(H,59,67)(H,60,70)(H,61,73)(H,62,71)(H,63,72)(H,65,66)(H4,48,49,54)(H4,50,51,55)/t26-,32-,33-,34-,35+,36-,37-/m0/s1. The molecule has 0 saturated carbocycles. The van der Waals surface area contributed by atoms with Crippen LogP contribution in [0.3, 0.4) is 0 Å². The number of benzene rings is 2. The van der Waals surface area contributed by atoms with E-state index in [0.717, 1.165) is 10.8 Å². The topological polar surface area (TPSA) is 428 Å². The first-order valence-corrected chi connectivity index (χ1v) is 23.9. The quantitative estimate of drug-likeness (QED) is 0.0306. The molecule has 8 amide bonds. The van der Waals surface area contributed by atoms with E-state index in [1.807, 2.05) is 36.4 Å². The molecule has 1 fully saturated rings. The molecule has 0 unspecified atom stereocenters. The molecule has 0 radical (unpaired) electrons. The van der Waals surface area contributed by atoms with Gasteiger partial charge >= 0.3 is 5.97 Å². The Morgan fingerprint density at radius 1 is 0.740 bits per heavy atom. The highest BCUT2D eigenvalue weighted by atomic mass is 16.4. The summed E-state index contributed by atoms with van der Waals surface area (Å²) < 4.78 is 0. The van der Waals surface area contributed by atoms with Crippen molar-refractivity contribution in [3.63, 3.8) is 0 Å². The van der Waals surface area contributed by atoms with Gasteiger partial charge in [-0.1, -0.05) is 42.5 Å². The Morgan fingerprint density at radius 3 is 2.00 bits per heavy atom. The van der Waals surface area contributed by atoms with Crippen molar-refractivity contribution in [2.75, 3.05) is 19.6 Å². The fraction of sp³-hybridized carbons (Fsp3) is 0.489. The molecular formula is C47H68N16O10. The average Bonchev–Trinajstić information content (AvgIpc) is 3.86. The molecule has 1 aliphatic rings. The first-order valence-electron chi connectivity index (χ1n) is 23.9. The molecule has 0 bridgehead atoms. The molecule has 1 saturated heterocycles. The molecular weight excluding hydrogens is 949 g/mol. The molecule has 1 aromatic heterocycles. The second-order valence-electron chi connectivity index (χ2n) is 17.6. The van der Waals surface area contributed by atoms with Gasteiger partial charge < -0.3 is 75.6 Å². The largest absolute Gasteiger partial charge is 0.481 e. The predicted octanol–water partition coefficient (Wildman–Crippen LogP) is -2.95. The van der Waals surface area contributed by atoms with Gasteiger partial charge in [0.25, 0.3) is 0 Å². The number of guanidine groups is 2. The summed E-state index contributed by atoms with van der Waals surface area (Å²) in [5, 5.41) is 32.5. The number of carbonyl (C=O) groups excluding carboxylic acids is 8. The monoisotopic (exact) mass is 1020 g/mol. The molecule has 0 aliphatic carbocycles. The molecule has 1 aliphatic heterocycles. The Kier molecular flexibility index (Phi) is 22.8. The van der Waals surface area contributed by atoms with E-state index in [4.69, 9.17) is 22.9 Å². The van der Waals surface area contributed by atoms with E-state index in [1.165, 1.54) is 26.4 Å². The number of H-pyrrole nitrogens is 1. The number of amides is 8. The fourth-order valence-corrected chi connectivity index (χ4v) is 7.81. The van der Waals surface area contributed by atoms with Crippen LogP contribution in [0.2, 0.25) is 0 Å². The van der Waals surface area contributed by atoms with Gasteiger partial charge in [-0.05, 0) is 74.6 Å². The molecule has 18 N–H and O–H groups in total. The van der Waals surface area contributed by atoms with Crippen LogP contribution in [0.15, 0.2) is 65.0 Å². The highest BCUT2D eigenvalue weighted by Gasteiger charge is 2.34. The van der Waals surface area contributed by atoms with Crippen molar-refractivity contribution in [1.82, 2.24) is 52.5 Å². The van der Waals surface area contributed by atoms with Crippen LogP contribution in [-0.4, -0.2) is 142 Å². The third-order valence-corrected chi connectivity index (χ3v) is 11.6. The lowest BCUT2D eigenvalue weighted by atomic mass is 9.99. The number of aromatic amines is 1. The minimum Gasteiger partial charge on any atom is -0.481 e. The molecule has 2 heterocycles. The summed E-state index contributed by atoms with van der Waals surface area (Å²) in [5.41, 5.74) is 22.9. The second-order valence-corrected chi connectivity index (χ2v) is 17.6. The van der Waals surface area contributed by atoms with E-state index < -0.39 is 102 Å². The number of nitrogens with two attached hydrogens (primary N) is 4. The molecule has 2 aromatic carbocycles. The van der Waals surface area contributed by atoms with Crippen LogP contribution in [0.5, 0.6) is 0 Å². The van der Waals surface area contributed by atoms with E-state index in [1.54, 1.807) is 6.07 Å². The summed E-state index contributed by atoms with van der Waals surface area (Å²) in [5.74, 6) is -7.60. The van der Waals surface area contributed by atoms with E-state index in [2.05, 4.69) is 62.5 Å². The smallest absolute Gasteiger partial charge is 0.303 e. The molecule has 4 rings (SSSR count). The minimum absolute atomic E-state index is 0.0126. The predicted molar refractivity (Wildman–Crippen MR) is 268 cm³/mol. The first-order chi connectivity index (χ1) is 34.8. The van der Waals surface area contributed by atoms with Crippen molar-refractivity contribution in [2.45, 2.75) is 127 Å². The molecule has 396 valence electrons. The van der Waals surface area contributed by atoms with Gasteiger partial charge in [0.15, 0.2) is 11.9 Å². The number of carboxylic acid groups (broad SMARTS) is 1. The van der Waals surface area contributed by atoms with Gasteiger partial charge in [-0.15, -0.1) is 0 Å². The second kappa shape index (κ2) is 29.1. The normalized spacial score (nSPS) is 20.1. The number of nitrogens with one attached hydrogen (secondary N) is 9. The fourth-order valence-electron chi connectivity index (χ4n) is 7.81. The van der Waals surface area contributed by atoms with E-state index >= 15 is 0 Å². The van der Waals surface area contributed by atoms with Gasteiger partial charge in [-0.3, -0.25) is 53.1 Å². The summed E-state index contributed by atoms with van der Waals surface area (Å²) >= 11 is 0. The number of imidazole rings is 1. The van der Waals surface area contributed by atoms with Gasteiger partial charge in [0.2, 0.25) is 47.3 Å². The maximum absolute atomic E-state index is 14.6. The Bertz CT molecular complexity index is 2460. The molecule has 7 atom stereocenters. The Balaban J connectivity index is 1.71. The van der Waals surface area contributed by atoms with Gasteiger partial charge in [0.05, 0.1) is 6.33 Å². The number of nitrogens with zero attached hydrogens (tertiary/aromatic N) is 3. The first kappa shape index (κ1) is 57.3. The van der Waals surface area contributed by atoms with E-state index in [-0.39, 0.29) is 89.3 Å². The summed E-state index contributed by atoms with van der Waals surface area (Å²) in [6, 6.07) is 3.78. The van der Waals surface area contributed by atoms with E-state index in [0.29, 0.717) is 17.7 Å². The molecule has 3 aromatic rings. The number of aromatic nitrogens is 2. The van der Waals surface area contributed by atoms with Crippen LogP contribution in [0.1, 0.15) is 82.9 Å². The lowest BCUT2D eigenvalue weighted by Gasteiger charge is -2.27. The lowest BCUT2D eigenvalue weighted by molar-refractivity contribution is -0.138. The van der Waals surface area contributed by atoms with Gasteiger partial charge in [-0.25, -0.2) is 4.98 Å². The van der Waals surface area contributed by atoms with Crippen molar-refractivity contribution in [3.8, 4) is 0 Å². The van der Waals surface area contributed by atoms with Crippen LogP contribution in [0, 0.1) is 0 Å².